The molecule has 0 aliphatic carbocycles. The monoisotopic (exact) mass is 457 g/mol. The zero-order valence-corrected chi connectivity index (χ0v) is 18.9. The molecule has 0 spiro atoms. The van der Waals surface area contributed by atoms with E-state index < -0.39 is 10.0 Å². The summed E-state index contributed by atoms with van der Waals surface area (Å²) in [7, 11) is -1.99. The molecule has 1 fully saturated rings. The van der Waals surface area contributed by atoms with Crippen LogP contribution in [-0.2, 0) is 26.0 Å². The molecule has 2 aromatic rings. The van der Waals surface area contributed by atoms with E-state index in [0.29, 0.717) is 36.6 Å². The molecule has 2 aliphatic heterocycles. The zero-order valence-electron chi connectivity index (χ0n) is 18.0. The minimum absolute atomic E-state index is 0.143. The molecule has 0 atom stereocenters. The number of carbonyl (C=O) groups excluding carboxylic acids is 2. The van der Waals surface area contributed by atoms with E-state index in [4.69, 9.17) is 4.74 Å². The van der Waals surface area contributed by atoms with Gasteiger partial charge in [-0.15, -0.1) is 0 Å². The summed E-state index contributed by atoms with van der Waals surface area (Å²) in [5, 5.41) is 2.78. The summed E-state index contributed by atoms with van der Waals surface area (Å²) in [6.07, 6.45) is 3.47. The summed E-state index contributed by atoms with van der Waals surface area (Å²) in [5.41, 5.74) is 1.95. The van der Waals surface area contributed by atoms with Crippen molar-refractivity contribution in [2.24, 2.45) is 0 Å². The van der Waals surface area contributed by atoms with E-state index in [2.05, 4.69) is 5.32 Å². The zero-order chi connectivity index (χ0) is 22.7. The van der Waals surface area contributed by atoms with Crippen LogP contribution >= 0.6 is 0 Å². The molecule has 2 amide bonds. The molecule has 0 unspecified atom stereocenters. The minimum Gasteiger partial charge on any atom is -0.497 e. The van der Waals surface area contributed by atoms with Gasteiger partial charge in [-0.2, -0.15) is 4.31 Å². The highest BCUT2D eigenvalue weighted by atomic mass is 32.2. The van der Waals surface area contributed by atoms with Gasteiger partial charge in [-0.25, -0.2) is 8.42 Å². The average Bonchev–Trinajstić information content (AvgIpc) is 2.81. The Labute approximate surface area is 188 Å². The number of fused-ring (bicyclic) bond motifs is 1. The molecular formula is C23H27N3O5S. The van der Waals surface area contributed by atoms with Gasteiger partial charge >= 0.3 is 0 Å². The third kappa shape index (κ3) is 4.63. The molecule has 0 radical (unpaired) electrons. The molecular weight excluding hydrogens is 430 g/mol. The number of hydrogen-bond donors (Lipinski definition) is 1. The number of rotatable bonds is 6. The van der Waals surface area contributed by atoms with Gasteiger partial charge in [0.15, 0.2) is 0 Å². The number of carbonyl (C=O) groups is 2. The lowest BCUT2D eigenvalue weighted by molar-refractivity contribution is -0.121. The first kappa shape index (κ1) is 22.3. The topological polar surface area (TPSA) is 96.0 Å². The molecule has 0 aromatic heterocycles. The summed E-state index contributed by atoms with van der Waals surface area (Å²) in [4.78, 5) is 26.8. The molecule has 2 aliphatic rings. The number of sulfonamides is 1. The van der Waals surface area contributed by atoms with Gasteiger partial charge in [0, 0.05) is 30.9 Å². The number of piperidine rings is 1. The van der Waals surface area contributed by atoms with Gasteiger partial charge in [0.2, 0.25) is 21.8 Å². The molecule has 170 valence electrons. The maximum absolute atomic E-state index is 13.0. The highest BCUT2D eigenvalue weighted by molar-refractivity contribution is 7.89. The summed E-state index contributed by atoms with van der Waals surface area (Å²) in [6.45, 7) is 0.932. The predicted octanol–water partition coefficient (Wildman–Crippen LogP) is 2.79. The molecule has 0 bridgehead atoms. The number of aryl methyl sites for hydroxylation is 1. The maximum Gasteiger partial charge on any atom is 0.244 e. The molecule has 9 heteroatoms. The van der Waals surface area contributed by atoms with Crippen LogP contribution in [0.5, 0.6) is 5.75 Å². The highest BCUT2D eigenvalue weighted by Gasteiger charge is 2.30. The first-order valence-electron chi connectivity index (χ1n) is 10.8. The third-order valence-electron chi connectivity index (χ3n) is 5.88. The molecule has 1 N–H and O–H groups in total. The Kier molecular flexibility index (Phi) is 6.48. The van der Waals surface area contributed by atoms with Crippen molar-refractivity contribution in [3.05, 3.63) is 48.0 Å². The van der Waals surface area contributed by atoms with E-state index >= 15 is 0 Å². The van der Waals surface area contributed by atoms with Crippen LogP contribution < -0.4 is 15.0 Å². The van der Waals surface area contributed by atoms with Crippen molar-refractivity contribution in [2.45, 2.75) is 37.0 Å². The smallest absolute Gasteiger partial charge is 0.244 e. The standard InChI is InChI=1S/C23H27N3O5S/c1-31-19-8-6-18(7-9-19)24-22(27)16-26-21-11-10-20(15-17(21)5-12-23(26)28)32(29,30)25-13-3-2-4-14-25/h6-11,15H,2-5,12-14,16H2,1H3,(H,24,27). The number of nitrogens with zero attached hydrogens (tertiary/aromatic N) is 2. The van der Waals surface area contributed by atoms with Gasteiger partial charge in [-0.05, 0) is 67.3 Å². The average molecular weight is 458 g/mol. The third-order valence-corrected chi connectivity index (χ3v) is 7.77. The van der Waals surface area contributed by atoms with Crippen LogP contribution in [0.3, 0.4) is 0 Å². The van der Waals surface area contributed by atoms with Gasteiger partial charge in [0.05, 0.1) is 12.0 Å². The molecule has 4 rings (SSSR count). The van der Waals surface area contributed by atoms with Crippen molar-refractivity contribution in [1.29, 1.82) is 0 Å². The quantitative estimate of drug-likeness (QED) is 0.720. The Balaban J connectivity index is 1.51. The van der Waals surface area contributed by atoms with Crippen LogP contribution in [-0.4, -0.2) is 51.3 Å². The number of benzene rings is 2. The van der Waals surface area contributed by atoms with Crippen molar-refractivity contribution in [1.82, 2.24) is 4.31 Å². The second-order valence-corrected chi connectivity index (χ2v) is 9.95. The van der Waals surface area contributed by atoms with Gasteiger partial charge < -0.3 is 15.0 Å². The van der Waals surface area contributed by atoms with Crippen LogP contribution in [0, 0.1) is 0 Å². The van der Waals surface area contributed by atoms with Crippen molar-refractivity contribution in [3.63, 3.8) is 0 Å². The molecule has 1 saturated heterocycles. The van der Waals surface area contributed by atoms with Gasteiger partial charge in [0.1, 0.15) is 12.3 Å². The Bertz CT molecular complexity index is 1110. The maximum atomic E-state index is 13.0. The molecule has 32 heavy (non-hydrogen) atoms. The lowest BCUT2D eigenvalue weighted by Crippen LogP contribution is -2.41. The number of ether oxygens (including phenoxy) is 1. The number of anilines is 2. The second kappa shape index (κ2) is 9.30. The van der Waals surface area contributed by atoms with Crippen molar-refractivity contribution >= 4 is 33.2 Å². The number of nitrogens with one attached hydrogen (secondary N) is 1. The van der Waals surface area contributed by atoms with Gasteiger partial charge in [0.25, 0.3) is 0 Å². The summed E-state index contributed by atoms with van der Waals surface area (Å²) < 4.78 is 32.7. The summed E-state index contributed by atoms with van der Waals surface area (Å²) >= 11 is 0. The van der Waals surface area contributed by atoms with Crippen molar-refractivity contribution in [3.8, 4) is 5.75 Å². The lowest BCUT2D eigenvalue weighted by atomic mass is 10.0. The largest absolute Gasteiger partial charge is 0.497 e. The molecule has 2 heterocycles. The van der Waals surface area contributed by atoms with Crippen LogP contribution in [0.15, 0.2) is 47.4 Å². The van der Waals surface area contributed by atoms with Crippen molar-refractivity contribution in [2.75, 3.05) is 37.0 Å². The first-order chi connectivity index (χ1) is 15.4. The van der Waals surface area contributed by atoms with E-state index in [1.807, 2.05) is 0 Å². The summed E-state index contributed by atoms with van der Waals surface area (Å²) in [6, 6.07) is 11.8. The van der Waals surface area contributed by atoms with E-state index in [1.165, 1.54) is 15.3 Å². The Morgan fingerprint density at radius 1 is 1.03 bits per heavy atom. The van der Waals surface area contributed by atoms with E-state index in [1.54, 1.807) is 43.5 Å². The van der Waals surface area contributed by atoms with Gasteiger partial charge in [-0.1, -0.05) is 6.42 Å². The Hall–Kier alpha value is -2.91. The Morgan fingerprint density at radius 3 is 2.44 bits per heavy atom. The first-order valence-corrected chi connectivity index (χ1v) is 12.2. The normalized spacial score (nSPS) is 17.0. The van der Waals surface area contributed by atoms with Crippen LogP contribution in [0.2, 0.25) is 0 Å². The number of hydrogen-bond acceptors (Lipinski definition) is 5. The van der Waals surface area contributed by atoms with Gasteiger partial charge in [-0.3, -0.25) is 9.59 Å². The highest BCUT2D eigenvalue weighted by Crippen LogP contribution is 2.31. The van der Waals surface area contributed by atoms with Crippen LogP contribution in [0.1, 0.15) is 31.2 Å². The minimum atomic E-state index is -3.56. The number of methoxy groups -OCH3 is 1. The fraction of sp³-hybridized carbons (Fsp3) is 0.391. The second-order valence-electron chi connectivity index (χ2n) is 8.01. The molecule has 0 saturated carbocycles. The molecule has 8 nitrogen and oxygen atoms in total. The lowest BCUT2D eigenvalue weighted by Gasteiger charge is -2.30. The van der Waals surface area contributed by atoms with Crippen LogP contribution in [0.4, 0.5) is 11.4 Å². The van der Waals surface area contributed by atoms with Crippen LogP contribution in [0.25, 0.3) is 0 Å². The number of amides is 2. The van der Waals surface area contributed by atoms with Crippen molar-refractivity contribution < 1.29 is 22.7 Å². The fourth-order valence-corrected chi connectivity index (χ4v) is 5.71. The molecule has 2 aromatic carbocycles. The van der Waals surface area contributed by atoms with E-state index in [9.17, 15) is 18.0 Å². The SMILES string of the molecule is COc1ccc(NC(=O)CN2C(=O)CCc3cc(S(=O)(=O)N4CCCCC4)ccc32)cc1. The Morgan fingerprint density at radius 2 is 1.75 bits per heavy atom. The van der Waals surface area contributed by atoms with E-state index in [-0.39, 0.29) is 29.7 Å². The predicted molar refractivity (Wildman–Crippen MR) is 121 cm³/mol. The summed E-state index contributed by atoms with van der Waals surface area (Å²) in [5.74, 6) is 0.189. The fourth-order valence-electron chi connectivity index (χ4n) is 4.14. The van der Waals surface area contributed by atoms with E-state index in [0.717, 1.165) is 24.8 Å².